The molecular weight excluding hydrogens is 186 g/mol. The van der Waals surface area contributed by atoms with Crippen LogP contribution in [0.4, 0.5) is 0 Å². The van der Waals surface area contributed by atoms with Gasteiger partial charge in [0.05, 0.1) is 0 Å². The molecule has 0 fully saturated rings. The molecule has 1 aromatic heterocycles. The lowest BCUT2D eigenvalue weighted by atomic mass is 10.5. The van der Waals surface area contributed by atoms with Crippen molar-refractivity contribution in [2.45, 2.75) is 5.03 Å². The molecule has 1 radical (unpaired) electrons. The van der Waals surface area contributed by atoms with Gasteiger partial charge < -0.3 is 0 Å². The maximum atomic E-state index is 10.9. The second kappa shape index (κ2) is 2.79. The van der Waals surface area contributed by atoms with Gasteiger partial charge in [0.25, 0.3) is 0 Å². The third-order valence-corrected chi connectivity index (χ3v) is 2.20. The quantitative estimate of drug-likeness (QED) is 0.620. The summed E-state index contributed by atoms with van der Waals surface area (Å²) in [4.78, 5) is 3.57. The van der Waals surface area contributed by atoms with Crippen LogP contribution in [0.5, 0.6) is 0 Å². The van der Waals surface area contributed by atoms with Gasteiger partial charge in [0.1, 0.15) is 5.15 Å². The Morgan fingerprint density at radius 2 is 2.27 bits per heavy atom. The molecule has 0 N–H and O–H groups in total. The summed E-state index contributed by atoms with van der Waals surface area (Å²) in [6, 6.07) is 5.30. The number of nitrogens with zero attached hydrogens (tertiary/aromatic N) is 1. The monoisotopic (exact) mass is 190 g/mol. The summed E-state index contributed by atoms with van der Waals surface area (Å²) in [7, 11) is -3.24. The van der Waals surface area contributed by atoms with Crippen molar-refractivity contribution < 1.29 is 8.42 Å². The van der Waals surface area contributed by atoms with Crippen molar-refractivity contribution in [3.8, 4) is 0 Å². The minimum atomic E-state index is -3.24. The van der Waals surface area contributed by atoms with Gasteiger partial charge >= 0.3 is 0 Å². The third-order valence-electron chi connectivity index (χ3n) is 1.02. The van der Waals surface area contributed by atoms with Crippen LogP contribution in [-0.2, 0) is 9.84 Å². The van der Waals surface area contributed by atoms with Crippen molar-refractivity contribution in [3.63, 3.8) is 0 Å². The van der Waals surface area contributed by atoms with Crippen molar-refractivity contribution in [2.75, 3.05) is 6.26 Å². The first-order chi connectivity index (χ1) is 5.00. The molecule has 0 amide bonds. The zero-order valence-electron chi connectivity index (χ0n) is 5.70. The maximum Gasteiger partial charge on any atom is 0.192 e. The number of halogens is 1. The van der Waals surface area contributed by atoms with Crippen LogP contribution < -0.4 is 0 Å². The van der Waals surface area contributed by atoms with Crippen molar-refractivity contribution in [2.24, 2.45) is 0 Å². The minimum absolute atomic E-state index is 0.0266. The molecule has 11 heavy (non-hydrogen) atoms. The molecule has 1 heterocycles. The van der Waals surface area contributed by atoms with Crippen molar-refractivity contribution in [3.05, 3.63) is 23.4 Å². The Morgan fingerprint density at radius 3 is 2.64 bits per heavy atom. The Morgan fingerprint density at radius 1 is 1.64 bits per heavy atom. The summed E-state index contributed by atoms with van der Waals surface area (Å²) in [6.07, 6.45) is 1.08. The normalized spacial score (nSPS) is 11.5. The molecule has 59 valence electrons. The third kappa shape index (κ3) is 2.17. The molecule has 0 spiro atoms. The van der Waals surface area contributed by atoms with Gasteiger partial charge in [-0.1, -0.05) is 11.6 Å². The standard InChI is InChI=1S/C6H5ClNO2S/c1-11(9,10)6-4-2-3-5(7)8-6/h2,4H,1H3. The number of rotatable bonds is 1. The zero-order chi connectivity index (χ0) is 8.48. The summed E-state index contributed by atoms with van der Waals surface area (Å²) in [5.74, 6) is 0. The largest absolute Gasteiger partial charge is 0.224 e. The molecule has 5 heteroatoms. The molecule has 0 bridgehead atoms. The molecule has 0 aliphatic heterocycles. The van der Waals surface area contributed by atoms with E-state index in [0.29, 0.717) is 0 Å². The van der Waals surface area contributed by atoms with E-state index in [9.17, 15) is 8.42 Å². The molecule has 0 aliphatic rings. The van der Waals surface area contributed by atoms with Gasteiger partial charge in [-0.3, -0.25) is 0 Å². The molecule has 0 unspecified atom stereocenters. The first kappa shape index (κ1) is 8.49. The Hall–Kier alpha value is -0.610. The van der Waals surface area contributed by atoms with E-state index in [0.717, 1.165) is 6.26 Å². The van der Waals surface area contributed by atoms with Crippen LogP contribution in [0.15, 0.2) is 17.2 Å². The highest BCUT2D eigenvalue weighted by molar-refractivity contribution is 7.90. The number of sulfone groups is 1. The second-order valence-corrected chi connectivity index (χ2v) is 4.31. The average Bonchev–Trinajstić information content (AvgIpc) is 1.86. The fraction of sp³-hybridized carbons (Fsp3) is 0.167. The van der Waals surface area contributed by atoms with E-state index in [1.807, 2.05) is 0 Å². The average molecular weight is 191 g/mol. The maximum absolute atomic E-state index is 10.9. The molecule has 1 aromatic rings. The van der Waals surface area contributed by atoms with E-state index >= 15 is 0 Å². The van der Waals surface area contributed by atoms with Gasteiger partial charge in [0.2, 0.25) is 0 Å². The highest BCUT2D eigenvalue weighted by Crippen LogP contribution is 2.08. The molecular formula is C6H5ClNO2S. The van der Waals surface area contributed by atoms with E-state index in [1.165, 1.54) is 12.1 Å². The molecule has 0 aromatic carbocycles. The molecule has 0 saturated carbocycles. The predicted octanol–water partition coefficient (Wildman–Crippen LogP) is 0.939. The van der Waals surface area contributed by atoms with E-state index < -0.39 is 9.84 Å². The molecule has 1 rings (SSSR count). The van der Waals surface area contributed by atoms with Crippen LogP contribution in [0.2, 0.25) is 5.15 Å². The van der Waals surface area contributed by atoms with E-state index in [4.69, 9.17) is 11.6 Å². The van der Waals surface area contributed by atoms with Gasteiger partial charge in [0.15, 0.2) is 14.9 Å². The van der Waals surface area contributed by atoms with Crippen LogP contribution >= 0.6 is 11.6 Å². The molecule has 3 nitrogen and oxygen atoms in total. The van der Waals surface area contributed by atoms with Gasteiger partial charge in [-0.15, -0.1) is 0 Å². The Kier molecular flexibility index (Phi) is 2.15. The van der Waals surface area contributed by atoms with Crippen LogP contribution in [-0.4, -0.2) is 19.7 Å². The predicted molar refractivity (Wildman–Crippen MR) is 41.2 cm³/mol. The van der Waals surface area contributed by atoms with Gasteiger partial charge in [-0.05, 0) is 12.1 Å². The minimum Gasteiger partial charge on any atom is -0.224 e. The summed E-state index contributed by atoms with van der Waals surface area (Å²) in [6.45, 7) is 0. The number of hydrogen-bond donors (Lipinski definition) is 0. The Labute approximate surface area is 69.9 Å². The lowest BCUT2D eigenvalue weighted by molar-refractivity contribution is 0.598. The highest BCUT2D eigenvalue weighted by Gasteiger charge is 2.07. The Balaban J connectivity index is 3.28. The lowest BCUT2D eigenvalue weighted by Gasteiger charge is -1.94. The van der Waals surface area contributed by atoms with Gasteiger partial charge in [-0.2, -0.15) is 0 Å². The topological polar surface area (TPSA) is 47.0 Å². The van der Waals surface area contributed by atoms with Gasteiger partial charge in [0, 0.05) is 12.3 Å². The second-order valence-electron chi connectivity index (χ2n) is 1.99. The van der Waals surface area contributed by atoms with E-state index in [1.54, 1.807) is 0 Å². The zero-order valence-corrected chi connectivity index (χ0v) is 7.28. The van der Waals surface area contributed by atoms with Crippen molar-refractivity contribution in [1.82, 2.24) is 4.98 Å². The molecule has 0 saturated heterocycles. The van der Waals surface area contributed by atoms with Crippen molar-refractivity contribution >= 4 is 21.4 Å². The summed E-state index contributed by atoms with van der Waals surface area (Å²) < 4.78 is 21.7. The fourth-order valence-electron chi connectivity index (χ4n) is 0.555. The highest BCUT2D eigenvalue weighted by atomic mass is 35.5. The van der Waals surface area contributed by atoms with Crippen LogP contribution in [0.25, 0.3) is 0 Å². The van der Waals surface area contributed by atoms with Crippen molar-refractivity contribution in [1.29, 1.82) is 0 Å². The number of pyridine rings is 1. The summed E-state index contributed by atoms with van der Waals surface area (Å²) >= 11 is 5.42. The van der Waals surface area contributed by atoms with Crippen LogP contribution in [0, 0.1) is 6.07 Å². The van der Waals surface area contributed by atoms with E-state index in [2.05, 4.69) is 11.1 Å². The smallest absolute Gasteiger partial charge is 0.192 e. The number of aromatic nitrogens is 1. The van der Waals surface area contributed by atoms with Gasteiger partial charge in [-0.25, -0.2) is 13.4 Å². The Bertz CT molecular complexity index is 361. The summed E-state index contributed by atoms with van der Waals surface area (Å²) in [5.41, 5.74) is 0. The first-order valence-electron chi connectivity index (χ1n) is 2.74. The molecule has 0 aliphatic carbocycles. The van der Waals surface area contributed by atoms with E-state index in [-0.39, 0.29) is 10.2 Å². The SMILES string of the molecule is CS(=O)(=O)c1cc[c]c(Cl)n1. The molecule has 0 atom stereocenters. The lowest BCUT2D eigenvalue weighted by Crippen LogP contribution is -1.99. The van der Waals surface area contributed by atoms with Crippen LogP contribution in [0.3, 0.4) is 0 Å². The fourth-order valence-corrected chi connectivity index (χ4v) is 1.33. The number of hydrogen-bond acceptors (Lipinski definition) is 3. The van der Waals surface area contributed by atoms with Crippen LogP contribution in [0.1, 0.15) is 0 Å². The summed E-state index contributed by atoms with van der Waals surface area (Å²) in [5, 5.41) is 0.0363. The first-order valence-corrected chi connectivity index (χ1v) is 5.01.